The lowest BCUT2D eigenvalue weighted by molar-refractivity contribution is 0.156. The molecule has 10 nitrogen and oxygen atoms in total. The highest BCUT2D eigenvalue weighted by Gasteiger charge is 2.44. The molecule has 2 atom stereocenters. The maximum Gasteiger partial charge on any atom is 0.242 e. The van der Waals surface area contributed by atoms with Gasteiger partial charge in [0.2, 0.25) is 11.8 Å². The number of fused-ring (bicyclic) bond motifs is 2. The fraction of sp³-hybridized carbons (Fsp3) is 0.478. The minimum absolute atomic E-state index is 0.0734. The predicted octanol–water partition coefficient (Wildman–Crippen LogP) is 3.52. The van der Waals surface area contributed by atoms with Crippen LogP contribution in [-0.2, 0) is 21.2 Å². The molecule has 2 unspecified atom stereocenters. The maximum absolute atomic E-state index is 14.6. The summed E-state index contributed by atoms with van der Waals surface area (Å²) in [6.07, 6.45) is 6.33. The SMILES string of the molecule is COCc1nnc(C2CC3CCC(C2)N3c2ncnc(Nc3ccc(S(C)(=O)=O)cc3F)c2C)o1. The van der Waals surface area contributed by atoms with Gasteiger partial charge in [0.25, 0.3) is 0 Å². The second-order valence-electron chi connectivity index (χ2n) is 9.14. The topological polar surface area (TPSA) is 123 Å². The van der Waals surface area contributed by atoms with Crippen LogP contribution in [0.25, 0.3) is 0 Å². The Morgan fingerprint density at radius 3 is 2.60 bits per heavy atom. The molecule has 2 aliphatic heterocycles. The third kappa shape index (κ3) is 4.59. The molecule has 2 aliphatic rings. The van der Waals surface area contributed by atoms with Gasteiger partial charge in [-0.05, 0) is 50.8 Å². The highest BCUT2D eigenvalue weighted by molar-refractivity contribution is 7.90. The summed E-state index contributed by atoms with van der Waals surface area (Å²) in [6.45, 7) is 2.20. The second-order valence-corrected chi connectivity index (χ2v) is 11.2. The van der Waals surface area contributed by atoms with E-state index in [-0.39, 0.29) is 28.6 Å². The van der Waals surface area contributed by atoms with Crippen LogP contribution in [-0.4, -0.2) is 54.0 Å². The molecule has 3 aromatic rings. The van der Waals surface area contributed by atoms with Crippen molar-refractivity contribution in [2.24, 2.45) is 0 Å². The number of sulfone groups is 1. The van der Waals surface area contributed by atoms with Crippen molar-refractivity contribution in [1.82, 2.24) is 20.2 Å². The Labute approximate surface area is 202 Å². The van der Waals surface area contributed by atoms with Crippen molar-refractivity contribution in [3.05, 3.63) is 47.7 Å². The first-order valence-electron chi connectivity index (χ1n) is 11.4. The van der Waals surface area contributed by atoms with Crippen LogP contribution in [0.1, 0.15) is 48.9 Å². The van der Waals surface area contributed by atoms with Crippen molar-refractivity contribution < 1.29 is 22.0 Å². The summed E-state index contributed by atoms with van der Waals surface area (Å²) in [5.74, 6) is 1.94. The van der Waals surface area contributed by atoms with Crippen molar-refractivity contribution in [2.45, 2.75) is 62.1 Å². The van der Waals surface area contributed by atoms with Crippen molar-refractivity contribution in [2.75, 3.05) is 23.6 Å². The first-order chi connectivity index (χ1) is 16.7. The Hall–Kier alpha value is -3.12. The molecule has 186 valence electrons. The number of methoxy groups -OCH3 is 1. The quantitative estimate of drug-likeness (QED) is 0.513. The fourth-order valence-corrected chi connectivity index (χ4v) is 5.75. The van der Waals surface area contributed by atoms with E-state index < -0.39 is 15.7 Å². The Morgan fingerprint density at radius 2 is 1.94 bits per heavy atom. The predicted molar refractivity (Wildman–Crippen MR) is 126 cm³/mol. The second kappa shape index (κ2) is 9.15. The molecule has 5 rings (SSSR count). The number of halogens is 1. The Bertz CT molecular complexity index is 1330. The van der Waals surface area contributed by atoms with E-state index in [9.17, 15) is 12.8 Å². The van der Waals surface area contributed by atoms with Crippen LogP contribution >= 0.6 is 0 Å². The number of hydrogen-bond donors (Lipinski definition) is 1. The highest BCUT2D eigenvalue weighted by Crippen LogP contribution is 2.45. The largest absolute Gasteiger partial charge is 0.422 e. The molecule has 2 aromatic heterocycles. The number of aromatic nitrogens is 4. The van der Waals surface area contributed by atoms with Gasteiger partial charge in [0.05, 0.1) is 10.6 Å². The van der Waals surface area contributed by atoms with Crippen LogP contribution in [0.4, 0.5) is 21.7 Å². The van der Waals surface area contributed by atoms with Gasteiger partial charge in [0, 0.05) is 36.9 Å². The molecule has 0 radical (unpaired) electrons. The standard InChI is InChI=1S/C23H27FN6O4S/c1-13-21(27-19-7-6-17(10-18(19)24)35(3,31)32)25-12-26-22(13)30-15-4-5-16(30)9-14(8-15)23-29-28-20(34-23)11-33-2/h6-7,10,12,14-16H,4-5,8-9,11H2,1-3H3,(H,25,26,27). The van der Waals surface area contributed by atoms with Gasteiger partial charge in [-0.25, -0.2) is 22.8 Å². The highest BCUT2D eigenvalue weighted by atomic mass is 32.2. The molecule has 2 fully saturated rings. The number of hydrogen-bond acceptors (Lipinski definition) is 10. The van der Waals surface area contributed by atoms with Crippen molar-refractivity contribution in [1.29, 1.82) is 0 Å². The van der Waals surface area contributed by atoms with E-state index in [2.05, 4.69) is 30.4 Å². The van der Waals surface area contributed by atoms with E-state index in [0.717, 1.165) is 49.4 Å². The van der Waals surface area contributed by atoms with Crippen LogP contribution in [0, 0.1) is 12.7 Å². The van der Waals surface area contributed by atoms with Crippen LogP contribution in [0.5, 0.6) is 0 Å². The molecule has 4 heterocycles. The van der Waals surface area contributed by atoms with Gasteiger partial charge >= 0.3 is 0 Å². The number of piperidine rings is 1. The third-order valence-electron chi connectivity index (χ3n) is 6.76. The lowest BCUT2D eigenvalue weighted by Crippen LogP contribution is -2.43. The number of benzene rings is 1. The van der Waals surface area contributed by atoms with Crippen molar-refractivity contribution >= 4 is 27.2 Å². The maximum atomic E-state index is 14.6. The summed E-state index contributed by atoms with van der Waals surface area (Å²) in [5.41, 5.74) is 0.949. The Kier molecular flexibility index (Phi) is 6.18. The average Bonchev–Trinajstić information content (AvgIpc) is 3.37. The van der Waals surface area contributed by atoms with Crippen molar-refractivity contribution in [3.8, 4) is 0 Å². The zero-order chi connectivity index (χ0) is 24.7. The summed E-state index contributed by atoms with van der Waals surface area (Å²) >= 11 is 0. The molecular weight excluding hydrogens is 475 g/mol. The van der Waals surface area contributed by atoms with E-state index in [1.807, 2.05) is 6.92 Å². The fourth-order valence-electron chi connectivity index (χ4n) is 5.12. The lowest BCUT2D eigenvalue weighted by atomic mass is 9.90. The first-order valence-corrected chi connectivity index (χ1v) is 13.3. The third-order valence-corrected chi connectivity index (χ3v) is 7.87. The van der Waals surface area contributed by atoms with E-state index >= 15 is 0 Å². The van der Waals surface area contributed by atoms with Crippen LogP contribution in [0.2, 0.25) is 0 Å². The molecule has 1 aromatic carbocycles. The van der Waals surface area contributed by atoms with Gasteiger partial charge in [0.15, 0.2) is 9.84 Å². The molecular formula is C23H27FN6O4S. The minimum Gasteiger partial charge on any atom is -0.422 e. The van der Waals surface area contributed by atoms with E-state index in [1.165, 1.54) is 18.5 Å². The monoisotopic (exact) mass is 502 g/mol. The Balaban J connectivity index is 1.36. The molecule has 2 bridgehead atoms. The molecule has 35 heavy (non-hydrogen) atoms. The summed E-state index contributed by atoms with van der Waals surface area (Å²) in [5, 5.41) is 11.3. The summed E-state index contributed by atoms with van der Waals surface area (Å²) in [4.78, 5) is 11.2. The zero-order valence-corrected chi connectivity index (χ0v) is 20.5. The molecule has 12 heteroatoms. The number of ether oxygens (including phenoxy) is 1. The van der Waals surface area contributed by atoms with E-state index in [0.29, 0.717) is 24.2 Å². The van der Waals surface area contributed by atoms with E-state index in [4.69, 9.17) is 9.15 Å². The van der Waals surface area contributed by atoms with Crippen molar-refractivity contribution in [3.63, 3.8) is 0 Å². The lowest BCUT2D eigenvalue weighted by Gasteiger charge is -2.39. The molecule has 1 N–H and O–H groups in total. The molecule has 0 amide bonds. The minimum atomic E-state index is -3.50. The van der Waals surface area contributed by atoms with E-state index in [1.54, 1.807) is 7.11 Å². The number of rotatable bonds is 7. The molecule has 0 saturated carbocycles. The number of anilines is 3. The average molecular weight is 503 g/mol. The van der Waals surface area contributed by atoms with Crippen LogP contribution in [0.15, 0.2) is 33.8 Å². The number of nitrogens with zero attached hydrogens (tertiary/aromatic N) is 5. The van der Waals surface area contributed by atoms with Gasteiger partial charge in [-0.15, -0.1) is 10.2 Å². The van der Waals surface area contributed by atoms with Gasteiger partial charge in [-0.1, -0.05) is 0 Å². The van der Waals surface area contributed by atoms with Gasteiger partial charge < -0.3 is 19.4 Å². The van der Waals surface area contributed by atoms with Gasteiger partial charge in [-0.3, -0.25) is 0 Å². The molecule has 2 saturated heterocycles. The molecule has 0 aliphatic carbocycles. The first kappa shape index (κ1) is 23.6. The van der Waals surface area contributed by atoms with Crippen LogP contribution < -0.4 is 10.2 Å². The number of nitrogens with one attached hydrogen (secondary N) is 1. The summed E-state index contributed by atoms with van der Waals surface area (Å²) in [6, 6.07) is 4.33. The van der Waals surface area contributed by atoms with Crippen LogP contribution in [0.3, 0.4) is 0 Å². The summed E-state index contributed by atoms with van der Waals surface area (Å²) in [7, 11) is -1.91. The smallest absolute Gasteiger partial charge is 0.242 e. The summed E-state index contributed by atoms with van der Waals surface area (Å²) < 4.78 is 48.9. The van der Waals surface area contributed by atoms with Gasteiger partial charge in [0.1, 0.15) is 30.4 Å². The van der Waals surface area contributed by atoms with Gasteiger partial charge in [-0.2, -0.15) is 0 Å². The normalized spacial score (nSPS) is 21.9. The molecule has 0 spiro atoms. The Morgan fingerprint density at radius 1 is 1.20 bits per heavy atom. The zero-order valence-electron chi connectivity index (χ0n) is 19.7.